The summed E-state index contributed by atoms with van der Waals surface area (Å²) in [4.78, 5) is 12.3. The van der Waals surface area contributed by atoms with Gasteiger partial charge >= 0.3 is 5.97 Å². The van der Waals surface area contributed by atoms with Crippen LogP contribution in [0.1, 0.15) is 63.0 Å². The minimum Gasteiger partial charge on any atom is -0.480 e. The third-order valence-corrected chi connectivity index (χ3v) is 7.66. The molecule has 2 aliphatic carbocycles. The van der Waals surface area contributed by atoms with E-state index in [9.17, 15) is 9.90 Å². The highest BCUT2D eigenvalue weighted by Crippen LogP contribution is 2.59. The van der Waals surface area contributed by atoms with Gasteiger partial charge in [-0.1, -0.05) is 55.8 Å². The van der Waals surface area contributed by atoms with Gasteiger partial charge in [-0.25, -0.2) is 4.79 Å². The van der Waals surface area contributed by atoms with E-state index in [1.165, 1.54) is 11.1 Å². The lowest BCUT2D eigenvalue weighted by atomic mass is 9.60. The molecule has 28 heavy (non-hydrogen) atoms. The molecule has 2 atom stereocenters. The number of carboxylic acid groups (broad SMARTS) is 1. The number of fused-ring (bicyclic) bond motifs is 2. The summed E-state index contributed by atoms with van der Waals surface area (Å²) in [5.74, 6) is 0.329. The Hall–Kier alpha value is -2.00. The van der Waals surface area contributed by atoms with Gasteiger partial charge in [0, 0.05) is 10.7 Å². The van der Waals surface area contributed by atoms with Crippen molar-refractivity contribution in [3.05, 3.63) is 64.7 Å². The number of anilines is 1. The van der Waals surface area contributed by atoms with Crippen LogP contribution in [0.15, 0.2) is 48.5 Å². The molecule has 4 heteroatoms. The molecule has 3 nitrogen and oxygen atoms in total. The van der Waals surface area contributed by atoms with E-state index in [1.54, 1.807) is 12.1 Å². The van der Waals surface area contributed by atoms with E-state index >= 15 is 0 Å². The summed E-state index contributed by atoms with van der Waals surface area (Å²) in [6.45, 7) is 4.63. The fraction of sp³-hybridized carbons (Fsp3) is 0.458. The lowest BCUT2D eigenvalue weighted by Crippen LogP contribution is -2.52. The summed E-state index contributed by atoms with van der Waals surface area (Å²) in [5, 5.41) is 14.0. The molecule has 2 aromatic rings. The van der Waals surface area contributed by atoms with Crippen LogP contribution in [0.2, 0.25) is 5.02 Å². The number of rotatable bonds is 4. The molecule has 148 valence electrons. The van der Waals surface area contributed by atoms with Crippen molar-refractivity contribution in [2.24, 2.45) is 5.92 Å². The number of hydrogen-bond acceptors (Lipinski definition) is 2. The third kappa shape index (κ3) is 2.91. The van der Waals surface area contributed by atoms with Gasteiger partial charge in [0.1, 0.15) is 5.54 Å². The van der Waals surface area contributed by atoms with Crippen LogP contribution in [0.3, 0.4) is 0 Å². The number of benzene rings is 2. The van der Waals surface area contributed by atoms with Crippen molar-refractivity contribution in [2.45, 2.75) is 62.8 Å². The second kappa shape index (κ2) is 7.11. The first kappa shape index (κ1) is 19.3. The molecule has 0 bridgehead atoms. The van der Waals surface area contributed by atoms with Crippen LogP contribution in [0.25, 0.3) is 0 Å². The first-order valence-corrected chi connectivity index (χ1v) is 10.7. The summed E-state index contributed by atoms with van der Waals surface area (Å²) in [6.07, 6.45) is 4.14. The predicted octanol–water partition coefficient (Wildman–Crippen LogP) is 6.23. The molecule has 0 aliphatic heterocycles. The van der Waals surface area contributed by atoms with Crippen LogP contribution in [-0.4, -0.2) is 16.6 Å². The van der Waals surface area contributed by atoms with E-state index in [0.717, 1.165) is 24.9 Å². The van der Waals surface area contributed by atoms with Crippen LogP contribution in [0.5, 0.6) is 0 Å². The first-order chi connectivity index (χ1) is 13.4. The smallest absolute Gasteiger partial charge is 0.329 e. The second-order valence-electron chi connectivity index (χ2n) is 8.57. The molecule has 2 N–H and O–H groups in total. The van der Waals surface area contributed by atoms with Gasteiger partial charge in [-0.2, -0.15) is 0 Å². The molecule has 2 aliphatic rings. The molecular formula is C24H28ClNO2. The molecule has 1 spiro atoms. The Balaban J connectivity index is 1.64. The predicted molar refractivity (Wildman–Crippen MR) is 114 cm³/mol. The van der Waals surface area contributed by atoms with Crippen LogP contribution in [0.4, 0.5) is 5.69 Å². The van der Waals surface area contributed by atoms with Crippen molar-refractivity contribution >= 4 is 23.3 Å². The Bertz CT molecular complexity index is 886. The molecule has 1 fully saturated rings. The van der Waals surface area contributed by atoms with Crippen LogP contribution in [-0.2, 0) is 10.2 Å². The van der Waals surface area contributed by atoms with Gasteiger partial charge in [0.25, 0.3) is 0 Å². The number of halogens is 1. The number of aliphatic carboxylic acids is 1. The lowest BCUT2D eigenvalue weighted by molar-refractivity contribution is -0.144. The van der Waals surface area contributed by atoms with E-state index < -0.39 is 11.5 Å². The number of nitrogens with one attached hydrogen (secondary N) is 1. The monoisotopic (exact) mass is 397 g/mol. The van der Waals surface area contributed by atoms with Crippen LogP contribution >= 0.6 is 11.6 Å². The SMILES string of the molecule is CC[C@H]1c2ccccc2C2(CCC(Nc3cccc(Cl)c3)(C(=O)O)CC2)[C@H]1C. The fourth-order valence-corrected chi connectivity index (χ4v) is 6.02. The molecule has 0 unspecified atom stereocenters. The highest BCUT2D eigenvalue weighted by molar-refractivity contribution is 6.30. The van der Waals surface area contributed by atoms with Gasteiger partial charge in [-0.3, -0.25) is 0 Å². The normalized spacial score (nSPS) is 31.5. The van der Waals surface area contributed by atoms with E-state index in [-0.39, 0.29) is 5.41 Å². The Morgan fingerprint density at radius 1 is 1.14 bits per heavy atom. The zero-order valence-electron chi connectivity index (χ0n) is 16.5. The van der Waals surface area contributed by atoms with Gasteiger partial charge < -0.3 is 10.4 Å². The molecule has 4 rings (SSSR count). The Morgan fingerprint density at radius 2 is 1.86 bits per heavy atom. The second-order valence-corrected chi connectivity index (χ2v) is 9.01. The molecule has 0 radical (unpaired) electrons. The summed E-state index contributed by atoms with van der Waals surface area (Å²) >= 11 is 6.11. The first-order valence-electron chi connectivity index (χ1n) is 10.3. The van der Waals surface area contributed by atoms with Crippen molar-refractivity contribution in [1.82, 2.24) is 0 Å². The summed E-state index contributed by atoms with van der Waals surface area (Å²) in [6, 6.07) is 16.2. The summed E-state index contributed by atoms with van der Waals surface area (Å²) in [7, 11) is 0. The highest BCUT2D eigenvalue weighted by atomic mass is 35.5. The van der Waals surface area contributed by atoms with Crippen molar-refractivity contribution in [2.75, 3.05) is 5.32 Å². The maximum atomic E-state index is 12.3. The zero-order chi connectivity index (χ0) is 19.9. The van der Waals surface area contributed by atoms with Gasteiger partial charge in [0.15, 0.2) is 0 Å². The lowest BCUT2D eigenvalue weighted by Gasteiger charge is -2.46. The molecule has 0 heterocycles. The van der Waals surface area contributed by atoms with Gasteiger partial charge in [0.2, 0.25) is 0 Å². The van der Waals surface area contributed by atoms with E-state index in [4.69, 9.17) is 11.6 Å². The Kier molecular flexibility index (Phi) is 4.91. The largest absolute Gasteiger partial charge is 0.480 e. The van der Waals surface area contributed by atoms with Crippen molar-refractivity contribution < 1.29 is 9.90 Å². The van der Waals surface area contributed by atoms with Gasteiger partial charge in [0.05, 0.1) is 0 Å². The molecular weight excluding hydrogens is 370 g/mol. The van der Waals surface area contributed by atoms with E-state index in [1.807, 2.05) is 12.1 Å². The minimum absolute atomic E-state index is 0.0895. The Labute approximate surface area is 172 Å². The highest BCUT2D eigenvalue weighted by Gasteiger charge is 2.55. The maximum Gasteiger partial charge on any atom is 0.329 e. The zero-order valence-corrected chi connectivity index (χ0v) is 17.3. The Morgan fingerprint density at radius 3 is 2.50 bits per heavy atom. The number of hydrogen-bond donors (Lipinski definition) is 2. The molecule has 0 saturated heterocycles. The van der Waals surface area contributed by atoms with Crippen molar-refractivity contribution in [3.8, 4) is 0 Å². The van der Waals surface area contributed by atoms with Crippen LogP contribution in [0, 0.1) is 5.92 Å². The molecule has 2 aromatic carbocycles. The van der Waals surface area contributed by atoms with E-state index in [0.29, 0.717) is 29.7 Å². The topological polar surface area (TPSA) is 49.3 Å². The number of carbonyl (C=O) groups is 1. The summed E-state index contributed by atoms with van der Waals surface area (Å²) < 4.78 is 0. The standard InChI is InChI=1S/C24H28ClNO2/c1-3-19-16(2)23(21-10-5-4-9-20(19)21)11-13-24(14-12-23,22(27)28)26-18-8-6-7-17(25)15-18/h4-10,15-16,19,26H,3,11-14H2,1-2H3,(H,27,28)/t16-,19+,23?,24?/m0/s1. The van der Waals surface area contributed by atoms with Crippen LogP contribution < -0.4 is 5.32 Å². The fourth-order valence-electron chi connectivity index (χ4n) is 5.83. The average Bonchev–Trinajstić information content (AvgIpc) is 2.92. The average molecular weight is 398 g/mol. The molecule has 0 aromatic heterocycles. The van der Waals surface area contributed by atoms with E-state index in [2.05, 4.69) is 43.4 Å². The molecule has 0 amide bonds. The quantitative estimate of drug-likeness (QED) is 0.642. The summed E-state index contributed by atoms with van der Waals surface area (Å²) in [5.41, 5.74) is 2.86. The van der Waals surface area contributed by atoms with Gasteiger partial charge in [-0.15, -0.1) is 0 Å². The maximum absolute atomic E-state index is 12.3. The molecule has 1 saturated carbocycles. The van der Waals surface area contributed by atoms with Crippen molar-refractivity contribution in [3.63, 3.8) is 0 Å². The number of carboxylic acids is 1. The minimum atomic E-state index is -0.936. The third-order valence-electron chi connectivity index (χ3n) is 7.43. The van der Waals surface area contributed by atoms with Crippen molar-refractivity contribution in [1.29, 1.82) is 0 Å². The van der Waals surface area contributed by atoms with Gasteiger partial charge in [-0.05, 0) is 78.7 Å².